The molecule has 18 heavy (non-hydrogen) atoms. The number of imidazole rings is 1. The van der Waals surface area contributed by atoms with Crippen molar-refractivity contribution in [2.24, 2.45) is 0 Å². The summed E-state index contributed by atoms with van der Waals surface area (Å²) in [5.41, 5.74) is 2.56. The number of aromatic amines is 1. The SMILES string of the molecule is O=C(O)C1=C(c2nc3ccccc3[nH]2)N[I-]C=C1. The molecule has 0 bridgehead atoms. The number of carbonyl (C=O) groups is 1. The van der Waals surface area contributed by atoms with Crippen LogP contribution in [0.3, 0.4) is 0 Å². The fourth-order valence-electron chi connectivity index (χ4n) is 1.74. The number of hydrogen-bond acceptors (Lipinski definition) is 3. The number of carboxylic acids is 1. The molecule has 1 aliphatic rings. The molecule has 2 heterocycles. The Bertz CT molecular complexity index is 654. The Kier molecular flexibility index (Phi) is 2.78. The van der Waals surface area contributed by atoms with Gasteiger partial charge in [-0.3, -0.25) is 0 Å². The predicted molar refractivity (Wildman–Crippen MR) is 62.9 cm³/mol. The number of aromatic nitrogens is 2. The minimum absolute atomic E-state index is 0.250. The average molecular weight is 354 g/mol. The molecule has 0 amide bonds. The summed E-state index contributed by atoms with van der Waals surface area (Å²) in [5.74, 6) is -0.365. The van der Waals surface area contributed by atoms with Gasteiger partial charge in [0.25, 0.3) is 0 Å². The quantitative estimate of drug-likeness (QED) is 0.452. The van der Waals surface area contributed by atoms with Crippen molar-refractivity contribution in [1.82, 2.24) is 13.5 Å². The molecule has 0 spiro atoms. The first-order chi connectivity index (χ1) is 8.75. The molecule has 3 N–H and O–H groups in total. The molecule has 1 aromatic carbocycles. The first-order valence-electron chi connectivity index (χ1n) is 5.23. The van der Waals surface area contributed by atoms with Crippen LogP contribution in [0.2, 0.25) is 0 Å². The number of halogens is 1. The Balaban J connectivity index is 2.18. The van der Waals surface area contributed by atoms with E-state index in [1.807, 2.05) is 28.3 Å². The van der Waals surface area contributed by atoms with Crippen molar-refractivity contribution >= 4 is 22.7 Å². The summed E-state index contributed by atoms with van der Waals surface area (Å²) < 4.78 is 5.04. The molecule has 3 rings (SSSR count). The van der Waals surface area contributed by atoms with Crippen LogP contribution in [0.1, 0.15) is 5.82 Å². The van der Waals surface area contributed by atoms with Gasteiger partial charge in [0.15, 0.2) is 0 Å². The summed E-state index contributed by atoms with van der Waals surface area (Å²) in [6, 6.07) is 7.63. The van der Waals surface area contributed by atoms with E-state index in [0.29, 0.717) is 11.5 Å². The van der Waals surface area contributed by atoms with Crippen LogP contribution in [0, 0.1) is 0 Å². The number of rotatable bonds is 2. The van der Waals surface area contributed by atoms with Crippen LogP contribution in [-0.4, -0.2) is 21.0 Å². The molecule has 0 saturated heterocycles. The van der Waals surface area contributed by atoms with E-state index in [2.05, 4.69) is 13.5 Å². The number of nitrogens with one attached hydrogen (secondary N) is 2. The molecule has 0 atom stereocenters. The molecule has 2 aromatic rings. The maximum atomic E-state index is 11.2. The van der Waals surface area contributed by atoms with E-state index in [0.717, 1.165) is 11.0 Å². The third kappa shape index (κ3) is 1.88. The number of nitrogens with zero attached hydrogens (tertiary/aromatic N) is 1. The summed E-state index contributed by atoms with van der Waals surface area (Å²) in [4.78, 5) is 18.7. The van der Waals surface area contributed by atoms with E-state index < -0.39 is 5.97 Å². The molecular weight excluding hydrogens is 345 g/mol. The minimum atomic E-state index is -0.946. The van der Waals surface area contributed by atoms with E-state index in [4.69, 9.17) is 5.11 Å². The van der Waals surface area contributed by atoms with E-state index in [1.54, 1.807) is 6.08 Å². The van der Waals surface area contributed by atoms with Crippen LogP contribution < -0.4 is 25.0 Å². The van der Waals surface area contributed by atoms with E-state index in [9.17, 15) is 4.79 Å². The van der Waals surface area contributed by atoms with Crippen LogP contribution in [0.4, 0.5) is 0 Å². The van der Waals surface area contributed by atoms with Gasteiger partial charge in [-0.05, 0) is 0 Å². The van der Waals surface area contributed by atoms with Crippen molar-refractivity contribution in [2.75, 3.05) is 0 Å². The zero-order valence-electron chi connectivity index (χ0n) is 9.14. The van der Waals surface area contributed by atoms with Gasteiger partial charge in [0, 0.05) is 0 Å². The van der Waals surface area contributed by atoms with Crippen molar-refractivity contribution in [3.8, 4) is 0 Å². The van der Waals surface area contributed by atoms with Gasteiger partial charge in [0.1, 0.15) is 0 Å². The molecule has 5 nitrogen and oxygen atoms in total. The van der Waals surface area contributed by atoms with Gasteiger partial charge in [-0.15, -0.1) is 0 Å². The molecule has 0 unspecified atom stereocenters. The predicted octanol–water partition coefficient (Wildman–Crippen LogP) is -1.52. The van der Waals surface area contributed by atoms with Crippen molar-refractivity contribution in [3.05, 3.63) is 45.8 Å². The van der Waals surface area contributed by atoms with Gasteiger partial charge in [-0.2, -0.15) is 0 Å². The number of benzene rings is 1. The van der Waals surface area contributed by atoms with Gasteiger partial charge >= 0.3 is 113 Å². The van der Waals surface area contributed by atoms with E-state index in [1.165, 1.54) is 0 Å². The van der Waals surface area contributed by atoms with Crippen molar-refractivity contribution < 1.29 is 31.4 Å². The maximum absolute atomic E-state index is 11.2. The Morgan fingerprint density at radius 2 is 2.17 bits per heavy atom. The Labute approximate surface area is 113 Å². The molecular formula is C12H9IN3O2-. The van der Waals surface area contributed by atoms with Crippen molar-refractivity contribution in [2.45, 2.75) is 0 Å². The molecule has 0 radical (unpaired) electrons. The molecule has 0 aliphatic carbocycles. The topological polar surface area (TPSA) is 78.0 Å². The Morgan fingerprint density at radius 1 is 1.33 bits per heavy atom. The third-order valence-corrected chi connectivity index (χ3v) is 4.14. The number of hydrogen-bond donors (Lipinski definition) is 3. The summed E-state index contributed by atoms with van der Waals surface area (Å²) >= 11 is -0.346. The normalized spacial score (nSPS) is 15.3. The summed E-state index contributed by atoms with van der Waals surface area (Å²) in [6.07, 6.45) is 1.65. The fourth-order valence-corrected chi connectivity index (χ4v) is 3.31. The number of aliphatic carboxylic acids is 1. The summed E-state index contributed by atoms with van der Waals surface area (Å²) in [5, 5.41) is 9.17. The molecule has 1 aliphatic heterocycles. The molecule has 0 saturated carbocycles. The first-order valence-corrected chi connectivity index (χ1v) is 7.56. The van der Waals surface area contributed by atoms with Crippen LogP contribution in [0.15, 0.2) is 40.0 Å². The summed E-state index contributed by atoms with van der Waals surface area (Å²) in [6.45, 7) is 0. The zero-order chi connectivity index (χ0) is 12.5. The number of H-pyrrole nitrogens is 1. The van der Waals surface area contributed by atoms with Gasteiger partial charge in [-0.1, -0.05) is 0 Å². The van der Waals surface area contributed by atoms with E-state index >= 15 is 0 Å². The average Bonchev–Trinajstić information content (AvgIpc) is 2.82. The first kappa shape index (κ1) is 11.3. The third-order valence-electron chi connectivity index (χ3n) is 2.57. The fraction of sp³-hybridized carbons (Fsp3) is 0. The Morgan fingerprint density at radius 3 is 2.94 bits per heavy atom. The summed E-state index contributed by atoms with van der Waals surface area (Å²) in [7, 11) is 0. The van der Waals surface area contributed by atoms with Crippen LogP contribution in [0.25, 0.3) is 16.7 Å². The standard InChI is InChI=1S/C12H9IN3O2/c17-12(18)7-5-6-13-16-10(7)11-14-8-3-1-2-4-9(8)15-11/h1-6,16H,(H,14,15)(H,17,18)/q-1. The van der Waals surface area contributed by atoms with Gasteiger partial charge < -0.3 is 0 Å². The molecule has 0 fully saturated rings. The van der Waals surface area contributed by atoms with Crippen molar-refractivity contribution in [1.29, 1.82) is 0 Å². The molecule has 1 aromatic heterocycles. The second-order valence-corrected chi connectivity index (χ2v) is 5.57. The molecule has 92 valence electrons. The van der Waals surface area contributed by atoms with Gasteiger partial charge in [-0.25, -0.2) is 0 Å². The number of carboxylic acid groups (broad SMARTS) is 1. The van der Waals surface area contributed by atoms with Crippen LogP contribution in [-0.2, 0) is 4.79 Å². The monoisotopic (exact) mass is 354 g/mol. The second-order valence-electron chi connectivity index (χ2n) is 3.69. The van der Waals surface area contributed by atoms with Crippen LogP contribution in [0.5, 0.6) is 0 Å². The Hall–Kier alpha value is -1.83. The number of para-hydroxylation sites is 2. The zero-order valence-corrected chi connectivity index (χ0v) is 11.3. The van der Waals surface area contributed by atoms with Gasteiger partial charge in [0.2, 0.25) is 0 Å². The molecule has 6 heteroatoms. The van der Waals surface area contributed by atoms with Crippen LogP contribution >= 0.6 is 0 Å². The van der Waals surface area contributed by atoms with Crippen molar-refractivity contribution in [3.63, 3.8) is 0 Å². The van der Waals surface area contributed by atoms with Gasteiger partial charge in [0.05, 0.1) is 0 Å². The van der Waals surface area contributed by atoms with E-state index in [-0.39, 0.29) is 27.1 Å². The number of fused-ring (bicyclic) bond motifs is 1. The second kappa shape index (κ2) is 4.45.